The summed E-state index contributed by atoms with van der Waals surface area (Å²) >= 11 is 5.85. The Balaban J connectivity index is 1.63. The summed E-state index contributed by atoms with van der Waals surface area (Å²) in [5.41, 5.74) is 8.28. The second kappa shape index (κ2) is 9.75. The second-order valence-electron chi connectivity index (χ2n) is 6.53. The highest BCUT2D eigenvalue weighted by Gasteiger charge is 2.17. The van der Waals surface area contributed by atoms with Crippen LogP contribution in [-0.2, 0) is 16.0 Å². The summed E-state index contributed by atoms with van der Waals surface area (Å²) in [6.07, 6.45) is 0.623. The van der Waals surface area contributed by atoms with Crippen LogP contribution in [0.15, 0.2) is 78.9 Å². The summed E-state index contributed by atoms with van der Waals surface area (Å²) in [6.45, 7) is -0.389. The Morgan fingerprint density at radius 1 is 0.966 bits per heavy atom. The highest BCUT2D eigenvalue weighted by molar-refractivity contribution is 6.33. The maximum Gasteiger partial charge on any atom is 0.338 e. The van der Waals surface area contributed by atoms with E-state index in [-0.39, 0.29) is 29.8 Å². The minimum absolute atomic E-state index is 0.239. The first-order valence-electron chi connectivity index (χ1n) is 9.13. The molecular weight excluding hydrogens is 388 g/mol. The van der Waals surface area contributed by atoms with E-state index in [0.29, 0.717) is 11.4 Å². The van der Waals surface area contributed by atoms with Gasteiger partial charge >= 0.3 is 5.97 Å². The number of anilines is 1. The van der Waals surface area contributed by atoms with E-state index in [9.17, 15) is 9.59 Å². The Morgan fingerprint density at radius 2 is 1.62 bits per heavy atom. The number of rotatable bonds is 7. The molecular formula is C23H21ClN2O3. The van der Waals surface area contributed by atoms with Crippen molar-refractivity contribution in [2.45, 2.75) is 12.5 Å². The number of hydrogen-bond acceptors (Lipinski definition) is 4. The number of nitrogens with two attached hydrogens (primary N) is 1. The van der Waals surface area contributed by atoms with Crippen LogP contribution in [0, 0.1) is 0 Å². The van der Waals surface area contributed by atoms with Gasteiger partial charge in [0, 0.05) is 0 Å². The number of carbonyl (C=O) groups is 2. The minimum atomic E-state index is -0.636. The number of amides is 1. The van der Waals surface area contributed by atoms with Crippen molar-refractivity contribution < 1.29 is 14.3 Å². The molecule has 0 aliphatic carbocycles. The van der Waals surface area contributed by atoms with Crippen molar-refractivity contribution in [2.24, 2.45) is 0 Å². The van der Waals surface area contributed by atoms with Crippen LogP contribution in [-0.4, -0.2) is 18.5 Å². The predicted molar refractivity (Wildman–Crippen MR) is 114 cm³/mol. The lowest BCUT2D eigenvalue weighted by Gasteiger charge is -2.19. The molecule has 5 nitrogen and oxygen atoms in total. The zero-order valence-electron chi connectivity index (χ0n) is 15.7. The first-order chi connectivity index (χ1) is 14.0. The summed E-state index contributed by atoms with van der Waals surface area (Å²) in [5, 5.41) is 3.30. The highest BCUT2D eigenvalue weighted by Crippen LogP contribution is 2.20. The van der Waals surface area contributed by atoms with Gasteiger partial charge in [-0.25, -0.2) is 4.79 Å². The molecule has 1 amide bonds. The Kier molecular flexibility index (Phi) is 6.87. The van der Waals surface area contributed by atoms with Crippen LogP contribution in [0.1, 0.15) is 27.5 Å². The van der Waals surface area contributed by atoms with Gasteiger partial charge in [0.05, 0.1) is 22.3 Å². The van der Waals surface area contributed by atoms with Gasteiger partial charge in [-0.1, -0.05) is 72.3 Å². The van der Waals surface area contributed by atoms with Gasteiger partial charge < -0.3 is 15.8 Å². The van der Waals surface area contributed by atoms with Crippen molar-refractivity contribution in [2.75, 3.05) is 12.3 Å². The molecule has 0 unspecified atom stereocenters. The van der Waals surface area contributed by atoms with Crippen LogP contribution in [0.5, 0.6) is 0 Å². The van der Waals surface area contributed by atoms with Gasteiger partial charge in [-0.2, -0.15) is 0 Å². The van der Waals surface area contributed by atoms with Crippen LogP contribution < -0.4 is 11.1 Å². The SMILES string of the molecule is Nc1cc(C(=O)OCC(=O)N[C@@H](Cc2ccccc2)c2ccccc2)ccc1Cl. The molecule has 0 spiro atoms. The molecule has 1 atom stereocenters. The quantitative estimate of drug-likeness (QED) is 0.454. The Hall–Kier alpha value is -3.31. The fraction of sp³-hybridized carbons (Fsp3) is 0.130. The molecule has 3 aromatic rings. The zero-order valence-corrected chi connectivity index (χ0v) is 16.4. The molecule has 148 valence electrons. The van der Waals surface area contributed by atoms with Crippen LogP contribution in [0.25, 0.3) is 0 Å². The number of esters is 1. The van der Waals surface area contributed by atoms with E-state index in [4.69, 9.17) is 22.1 Å². The highest BCUT2D eigenvalue weighted by atomic mass is 35.5. The lowest BCUT2D eigenvalue weighted by molar-refractivity contribution is -0.125. The van der Waals surface area contributed by atoms with Crippen LogP contribution in [0.2, 0.25) is 5.02 Å². The number of ether oxygens (including phenoxy) is 1. The number of hydrogen-bond donors (Lipinski definition) is 2. The number of halogens is 1. The van der Waals surface area contributed by atoms with Gasteiger partial charge in [-0.05, 0) is 35.7 Å². The molecule has 0 bridgehead atoms. The van der Waals surface area contributed by atoms with E-state index in [1.54, 1.807) is 0 Å². The van der Waals surface area contributed by atoms with Crippen molar-refractivity contribution in [3.8, 4) is 0 Å². The fourth-order valence-electron chi connectivity index (χ4n) is 2.91. The van der Waals surface area contributed by atoms with E-state index in [2.05, 4.69) is 5.32 Å². The number of carbonyl (C=O) groups excluding carboxylic acids is 2. The third-order valence-electron chi connectivity index (χ3n) is 4.39. The van der Waals surface area contributed by atoms with Crippen molar-refractivity contribution in [3.05, 3.63) is 101 Å². The summed E-state index contributed by atoms with van der Waals surface area (Å²) in [7, 11) is 0. The van der Waals surface area contributed by atoms with Crippen LogP contribution >= 0.6 is 11.6 Å². The van der Waals surface area contributed by atoms with Crippen molar-refractivity contribution in [3.63, 3.8) is 0 Å². The molecule has 0 aliphatic heterocycles. The van der Waals surface area contributed by atoms with Crippen LogP contribution in [0.4, 0.5) is 5.69 Å². The molecule has 3 rings (SSSR count). The number of nitrogen functional groups attached to an aromatic ring is 1. The third kappa shape index (κ3) is 5.83. The molecule has 0 heterocycles. The molecule has 0 aliphatic rings. The Labute approximate surface area is 174 Å². The predicted octanol–water partition coefficient (Wildman–Crippen LogP) is 4.18. The largest absolute Gasteiger partial charge is 0.452 e. The fourth-order valence-corrected chi connectivity index (χ4v) is 3.03. The van der Waals surface area contributed by atoms with Crippen molar-refractivity contribution in [1.82, 2.24) is 5.32 Å². The van der Waals surface area contributed by atoms with Gasteiger partial charge in [-0.3, -0.25) is 4.79 Å². The molecule has 0 radical (unpaired) electrons. The Bertz CT molecular complexity index is 978. The summed E-state index contributed by atoms with van der Waals surface area (Å²) in [4.78, 5) is 24.6. The van der Waals surface area contributed by atoms with Gasteiger partial charge in [0.25, 0.3) is 5.91 Å². The first kappa shape index (κ1) is 20.4. The van der Waals surface area contributed by atoms with Gasteiger partial charge in [-0.15, -0.1) is 0 Å². The maximum atomic E-state index is 12.4. The topological polar surface area (TPSA) is 81.4 Å². The molecule has 0 aromatic heterocycles. The lowest BCUT2D eigenvalue weighted by Crippen LogP contribution is -2.33. The first-order valence-corrected chi connectivity index (χ1v) is 9.51. The Morgan fingerprint density at radius 3 is 2.28 bits per heavy atom. The monoisotopic (exact) mass is 408 g/mol. The van der Waals surface area contributed by atoms with Gasteiger partial charge in [0.1, 0.15) is 0 Å². The molecule has 6 heteroatoms. The standard InChI is InChI=1S/C23H21ClN2O3/c24-19-12-11-18(14-20(19)25)23(28)29-15-22(27)26-21(17-9-5-2-6-10-17)13-16-7-3-1-4-8-16/h1-12,14,21H,13,15,25H2,(H,26,27)/t21-/m0/s1. The van der Waals surface area contributed by atoms with Crippen molar-refractivity contribution in [1.29, 1.82) is 0 Å². The summed E-state index contributed by atoms with van der Waals surface area (Å²) in [5.74, 6) is -1.02. The van der Waals surface area contributed by atoms with E-state index < -0.39 is 5.97 Å². The summed E-state index contributed by atoms with van der Waals surface area (Å²) in [6, 6.07) is 23.7. The second-order valence-corrected chi connectivity index (χ2v) is 6.94. The maximum absolute atomic E-state index is 12.4. The molecule has 29 heavy (non-hydrogen) atoms. The van der Waals surface area contributed by atoms with Crippen LogP contribution in [0.3, 0.4) is 0 Å². The minimum Gasteiger partial charge on any atom is -0.452 e. The van der Waals surface area contributed by atoms with Gasteiger partial charge in [0.15, 0.2) is 6.61 Å². The average molecular weight is 409 g/mol. The normalized spacial score (nSPS) is 11.5. The van der Waals surface area contributed by atoms with E-state index >= 15 is 0 Å². The molecule has 0 saturated heterocycles. The van der Waals surface area contributed by atoms with E-state index in [1.165, 1.54) is 18.2 Å². The lowest BCUT2D eigenvalue weighted by atomic mass is 9.99. The zero-order chi connectivity index (χ0) is 20.6. The third-order valence-corrected chi connectivity index (χ3v) is 4.73. The average Bonchev–Trinajstić information content (AvgIpc) is 2.75. The smallest absolute Gasteiger partial charge is 0.338 e. The van der Waals surface area contributed by atoms with Crippen molar-refractivity contribution >= 4 is 29.2 Å². The number of nitrogens with one attached hydrogen (secondary N) is 1. The number of benzene rings is 3. The van der Waals surface area contributed by atoms with E-state index in [0.717, 1.165) is 11.1 Å². The molecule has 3 aromatic carbocycles. The van der Waals surface area contributed by atoms with E-state index in [1.807, 2.05) is 60.7 Å². The van der Waals surface area contributed by atoms with Gasteiger partial charge in [0.2, 0.25) is 0 Å². The molecule has 3 N–H and O–H groups in total. The summed E-state index contributed by atoms with van der Waals surface area (Å²) < 4.78 is 5.12. The molecule has 0 fully saturated rings. The molecule has 0 saturated carbocycles.